The molecule has 3 aromatic heterocycles. The quantitative estimate of drug-likeness (QED) is 0.428. The zero-order chi connectivity index (χ0) is 21.1. The van der Waals surface area contributed by atoms with Crippen LogP contribution in [-0.4, -0.2) is 37.3 Å². The van der Waals surface area contributed by atoms with Gasteiger partial charge in [0.15, 0.2) is 10.8 Å². The number of amides is 1. The highest BCUT2D eigenvalue weighted by Gasteiger charge is 2.31. The highest BCUT2D eigenvalue weighted by atomic mass is 32.2. The number of aryl methyl sites for hydroxylation is 3. The average molecular weight is 450 g/mol. The molecule has 1 aliphatic carbocycles. The number of hydrogen-bond acceptors (Lipinski definition) is 6. The molecule has 0 bridgehead atoms. The van der Waals surface area contributed by atoms with Gasteiger partial charge in [-0.25, -0.2) is 4.98 Å². The molecule has 1 amide bonds. The van der Waals surface area contributed by atoms with Gasteiger partial charge in [-0.3, -0.25) is 9.20 Å². The molecule has 8 heteroatoms. The van der Waals surface area contributed by atoms with Gasteiger partial charge in [-0.05, 0) is 63.1 Å². The summed E-state index contributed by atoms with van der Waals surface area (Å²) < 4.78 is 2.03. The zero-order valence-corrected chi connectivity index (χ0v) is 19.2. The van der Waals surface area contributed by atoms with E-state index in [0.29, 0.717) is 5.75 Å². The summed E-state index contributed by atoms with van der Waals surface area (Å²) in [5.74, 6) is 1.32. The largest absolute Gasteiger partial charge is 0.308 e. The molecule has 6 rings (SSSR count). The van der Waals surface area contributed by atoms with Crippen molar-refractivity contribution in [2.75, 3.05) is 10.7 Å². The van der Waals surface area contributed by atoms with Gasteiger partial charge in [0.25, 0.3) is 0 Å². The van der Waals surface area contributed by atoms with E-state index < -0.39 is 0 Å². The van der Waals surface area contributed by atoms with Crippen molar-refractivity contribution in [2.24, 2.45) is 0 Å². The molecule has 1 atom stereocenters. The Labute approximate surface area is 188 Å². The predicted molar refractivity (Wildman–Crippen MR) is 125 cm³/mol. The first kappa shape index (κ1) is 19.3. The Morgan fingerprint density at radius 1 is 1.23 bits per heavy atom. The molecule has 31 heavy (non-hydrogen) atoms. The van der Waals surface area contributed by atoms with Crippen molar-refractivity contribution in [2.45, 2.75) is 57.1 Å². The average Bonchev–Trinajstić information content (AvgIpc) is 3.44. The number of fused-ring (bicyclic) bond motifs is 6. The molecular formula is C23H23N5OS2. The minimum absolute atomic E-state index is 0.110. The summed E-state index contributed by atoms with van der Waals surface area (Å²) in [7, 11) is 0. The van der Waals surface area contributed by atoms with Gasteiger partial charge < -0.3 is 4.90 Å². The van der Waals surface area contributed by atoms with Gasteiger partial charge >= 0.3 is 0 Å². The third kappa shape index (κ3) is 2.99. The monoisotopic (exact) mass is 449 g/mol. The second kappa shape index (κ2) is 7.31. The number of carbonyl (C=O) groups is 1. The van der Waals surface area contributed by atoms with Crippen molar-refractivity contribution in [3.63, 3.8) is 0 Å². The number of hydrogen-bond donors (Lipinski definition) is 0. The predicted octanol–water partition coefficient (Wildman–Crippen LogP) is 4.60. The smallest absolute Gasteiger partial charge is 0.237 e. The molecule has 0 saturated heterocycles. The summed E-state index contributed by atoms with van der Waals surface area (Å²) in [6.45, 7) is 4.11. The van der Waals surface area contributed by atoms with Gasteiger partial charge in [0.2, 0.25) is 5.91 Å². The summed E-state index contributed by atoms with van der Waals surface area (Å²) in [4.78, 5) is 22.5. The van der Waals surface area contributed by atoms with Gasteiger partial charge in [0.05, 0.1) is 11.1 Å². The molecule has 158 valence electrons. The Morgan fingerprint density at radius 3 is 2.97 bits per heavy atom. The first-order valence-electron chi connectivity index (χ1n) is 10.8. The lowest BCUT2D eigenvalue weighted by Crippen LogP contribution is -2.37. The molecule has 1 aromatic carbocycles. The van der Waals surface area contributed by atoms with E-state index in [-0.39, 0.29) is 11.9 Å². The third-order valence-electron chi connectivity index (χ3n) is 6.40. The molecule has 0 spiro atoms. The second-order valence-corrected chi connectivity index (χ2v) is 10.5. The molecule has 6 nitrogen and oxygen atoms in total. The van der Waals surface area contributed by atoms with E-state index >= 15 is 0 Å². The highest BCUT2D eigenvalue weighted by molar-refractivity contribution is 7.99. The van der Waals surface area contributed by atoms with Crippen LogP contribution >= 0.6 is 23.1 Å². The van der Waals surface area contributed by atoms with E-state index in [4.69, 9.17) is 4.98 Å². The maximum absolute atomic E-state index is 13.1. The van der Waals surface area contributed by atoms with Crippen molar-refractivity contribution >= 4 is 50.6 Å². The Bertz CT molecular complexity index is 1340. The van der Waals surface area contributed by atoms with Crippen LogP contribution in [0, 0.1) is 6.92 Å². The maximum Gasteiger partial charge on any atom is 0.237 e. The molecule has 1 aliphatic heterocycles. The molecule has 0 radical (unpaired) electrons. The Morgan fingerprint density at radius 2 is 2.06 bits per heavy atom. The molecular weight excluding hydrogens is 426 g/mol. The number of para-hydroxylation sites is 1. The normalized spacial score (nSPS) is 18.0. The number of benzene rings is 1. The SMILES string of the molecule is Cc1nc2sc3c(c2c2nnc(SCC(=O)N4c5ccccc5C[C@H]4C)n12)CCCC3. The van der Waals surface area contributed by atoms with Crippen molar-refractivity contribution in [3.8, 4) is 0 Å². The van der Waals surface area contributed by atoms with Crippen molar-refractivity contribution in [3.05, 3.63) is 46.1 Å². The van der Waals surface area contributed by atoms with Crippen LogP contribution in [0.4, 0.5) is 5.69 Å². The fraction of sp³-hybridized carbons (Fsp3) is 0.391. The molecule has 0 unspecified atom stereocenters. The summed E-state index contributed by atoms with van der Waals surface area (Å²) in [6.07, 6.45) is 5.61. The van der Waals surface area contributed by atoms with Gasteiger partial charge in [0, 0.05) is 16.6 Å². The minimum atomic E-state index is 0.110. The standard InChI is InChI=1S/C23H23N5OS2/c1-13-11-15-7-3-5-9-17(15)27(13)19(29)12-30-23-26-25-21-20-16-8-4-6-10-18(16)31-22(20)24-14(2)28(21)23/h3,5,7,9,13H,4,6,8,10-12H2,1-2H3/t13-/m1/s1. The first-order chi connectivity index (χ1) is 15.1. The summed E-state index contributed by atoms with van der Waals surface area (Å²) in [5, 5.41) is 10.9. The fourth-order valence-electron chi connectivity index (χ4n) is 5.02. The highest BCUT2D eigenvalue weighted by Crippen LogP contribution is 2.38. The van der Waals surface area contributed by atoms with Crippen LogP contribution in [0.1, 0.15) is 41.6 Å². The fourth-order valence-corrected chi connectivity index (χ4v) is 7.16. The summed E-state index contributed by atoms with van der Waals surface area (Å²) >= 11 is 3.26. The van der Waals surface area contributed by atoms with Gasteiger partial charge in [0.1, 0.15) is 10.7 Å². The van der Waals surface area contributed by atoms with Crippen LogP contribution < -0.4 is 4.90 Å². The van der Waals surface area contributed by atoms with E-state index in [1.165, 1.54) is 40.6 Å². The number of rotatable bonds is 3. The lowest BCUT2D eigenvalue weighted by atomic mass is 9.97. The van der Waals surface area contributed by atoms with Crippen LogP contribution in [0.15, 0.2) is 29.4 Å². The topological polar surface area (TPSA) is 63.4 Å². The lowest BCUT2D eigenvalue weighted by molar-refractivity contribution is -0.116. The number of thiophene rings is 1. The van der Waals surface area contributed by atoms with Crippen LogP contribution in [0.3, 0.4) is 0 Å². The number of aromatic nitrogens is 4. The first-order valence-corrected chi connectivity index (χ1v) is 12.6. The Hall–Kier alpha value is -2.45. The van der Waals surface area contributed by atoms with E-state index in [9.17, 15) is 4.79 Å². The van der Waals surface area contributed by atoms with Crippen LogP contribution in [0.2, 0.25) is 0 Å². The van der Waals surface area contributed by atoms with Crippen LogP contribution in [0.5, 0.6) is 0 Å². The summed E-state index contributed by atoms with van der Waals surface area (Å²) in [5.41, 5.74) is 4.57. The molecule has 0 N–H and O–H groups in total. The number of nitrogens with zero attached hydrogens (tertiary/aromatic N) is 5. The molecule has 2 aliphatic rings. The lowest BCUT2D eigenvalue weighted by Gasteiger charge is -2.22. The van der Waals surface area contributed by atoms with Gasteiger partial charge in [-0.15, -0.1) is 21.5 Å². The van der Waals surface area contributed by atoms with Crippen LogP contribution in [0.25, 0.3) is 15.9 Å². The molecule has 4 aromatic rings. The molecule has 0 fully saturated rings. The number of thioether (sulfide) groups is 1. The Balaban J connectivity index is 1.33. The Kier molecular flexibility index (Phi) is 4.54. The third-order valence-corrected chi connectivity index (χ3v) is 8.50. The van der Waals surface area contributed by atoms with Crippen LogP contribution in [-0.2, 0) is 24.1 Å². The minimum Gasteiger partial charge on any atom is -0.308 e. The molecule has 0 saturated carbocycles. The van der Waals surface area contributed by atoms with Crippen molar-refractivity contribution in [1.82, 2.24) is 19.6 Å². The van der Waals surface area contributed by atoms with Crippen molar-refractivity contribution < 1.29 is 4.79 Å². The van der Waals surface area contributed by atoms with E-state index in [2.05, 4.69) is 23.2 Å². The number of carbonyl (C=O) groups excluding carboxylic acids is 1. The van der Waals surface area contributed by atoms with E-state index in [1.807, 2.05) is 34.4 Å². The van der Waals surface area contributed by atoms with E-state index in [0.717, 1.165) is 51.8 Å². The number of anilines is 1. The van der Waals surface area contributed by atoms with Gasteiger partial charge in [-0.1, -0.05) is 30.0 Å². The zero-order valence-electron chi connectivity index (χ0n) is 17.6. The molecule has 4 heterocycles. The summed E-state index contributed by atoms with van der Waals surface area (Å²) in [6, 6.07) is 8.37. The maximum atomic E-state index is 13.1. The van der Waals surface area contributed by atoms with E-state index in [1.54, 1.807) is 11.3 Å². The second-order valence-electron chi connectivity index (χ2n) is 8.43. The van der Waals surface area contributed by atoms with Gasteiger partial charge in [-0.2, -0.15) is 0 Å². The van der Waals surface area contributed by atoms with Crippen molar-refractivity contribution in [1.29, 1.82) is 0 Å².